The fourth-order valence-corrected chi connectivity index (χ4v) is 6.78. The number of carboxylic acids is 1. The molecule has 0 aliphatic carbocycles. The van der Waals surface area contributed by atoms with Gasteiger partial charge in [0.1, 0.15) is 17.0 Å². The highest BCUT2D eigenvalue weighted by Crippen LogP contribution is 2.37. The van der Waals surface area contributed by atoms with E-state index in [1.165, 1.54) is 0 Å². The molecular formula is C36H42ClN3O6. The number of oxazole rings is 1. The number of carboxylic acid groups (broad SMARTS) is 1. The Hall–Kier alpha value is -3.63. The van der Waals surface area contributed by atoms with Gasteiger partial charge in [0.25, 0.3) is 0 Å². The van der Waals surface area contributed by atoms with Crippen LogP contribution < -0.4 is 9.47 Å². The number of methoxy groups -OCH3 is 1. The first-order valence-corrected chi connectivity index (χ1v) is 16.5. The first-order chi connectivity index (χ1) is 22.4. The minimum Gasteiger partial charge on any atom is -0.496 e. The molecule has 1 N–H and O–H groups in total. The van der Waals surface area contributed by atoms with Crippen molar-refractivity contribution in [2.75, 3.05) is 53.1 Å². The summed E-state index contributed by atoms with van der Waals surface area (Å²) in [6.07, 6.45) is 4.05. The summed E-state index contributed by atoms with van der Waals surface area (Å²) in [5.41, 5.74) is 6.33. The molecular weight excluding hydrogens is 606 g/mol. The van der Waals surface area contributed by atoms with Crippen LogP contribution in [0.1, 0.15) is 43.2 Å². The summed E-state index contributed by atoms with van der Waals surface area (Å²) < 4.78 is 23.6. The Morgan fingerprint density at radius 1 is 1.07 bits per heavy atom. The molecule has 1 aromatic heterocycles. The normalized spacial score (nSPS) is 17.8. The SMILES string of the molecule is COc1cc2oc(-c3cccc(-c4ccc(Cl)c(OCCCN5CCOCC5)c4)c3C)nc2cc1CN1CCCCC1CC(=O)O. The standard InChI is InChI=1S/C36H42ClN3O6/c1-24-28(25-10-11-30(37)33(20-25)45-16-6-12-39-14-17-44-18-15-39)8-5-9-29(24)36-38-31-19-26(32(43-2)22-34(31)46-36)23-40-13-4-3-7-27(40)21-35(41)42/h5,8-11,19-20,22,27H,3-4,6-7,12-18,21,23H2,1-2H3,(H,41,42). The van der Waals surface area contributed by atoms with Gasteiger partial charge in [0, 0.05) is 49.4 Å². The maximum absolute atomic E-state index is 11.5. The summed E-state index contributed by atoms with van der Waals surface area (Å²) in [5.74, 6) is 1.15. The van der Waals surface area contributed by atoms with E-state index < -0.39 is 5.97 Å². The van der Waals surface area contributed by atoms with Crippen LogP contribution in [0.4, 0.5) is 0 Å². The largest absolute Gasteiger partial charge is 0.496 e. The molecule has 9 nitrogen and oxygen atoms in total. The summed E-state index contributed by atoms with van der Waals surface area (Å²) in [6, 6.07) is 15.9. The summed E-state index contributed by atoms with van der Waals surface area (Å²) >= 11 is 6.54. The fraction of sp³-hybridized carbons (Fsp3) is 0.444. The van der Waals surface area contributed by atoms with Gasteiger partial charge >= 0.3 is 5.97 Å². The van der Waals surface area contributed by atoms with Crippen molar-refractivity contribution in [1.82, 2.24) is 14.8 Å². The maximum Gasteiger partial charge on any atom is 0.304 e. The van der Waals surface area contributed by atoms with Gasteiger partial charge in [0.05, 0.1) is 38.4 Å². The van der Waals surface area contributed by atoms with E-state index in [9.17, 15) is 9.90 Å². The van der Waals surface area contributed by atoms with Crippen molar-refractivity contribution in [2.45, 2.75) is 51.6 Å². The third-order valence-corrected chi connectivity index (χ3v) is 9.42. The molecule has 0 saturated carbocycles. The van der Waals surface area contributed by atoms with Crippen LogP contribution in [0, 0.1) is 6.92 Å². The van der Waals surface area contributed by atoms with Crippen molar-refractivity contribution in [2.24, 2.45) is 0 Å². The number of nitrogens with zero attached hydrogens (tertiary/aromatic N) is 3. The average molecular weight is 648 g/mol. The van der Waals surface area contributed by atoms with Crippen LogP contribution in [0.15, 0.2) is 52.9 Å². The van der Waals surface area contributed by atoms with E-state index in [1.54, 1.807) is 7.11 Å². The number of rotatable bonds is 12. The molecule has 6 rings (SSSR count). The molecule has 1 atom stereocenters. The monoisotopic (exact) mass is 647 g/mol. The van der Waals surface area contributed by atoms with Gasteiger partial charge in [0.2, 0.25) is 5.89 Å². The number of hydrogen-bond donors (Lipinski definition) is 1. The lowest BCUT2D eigenvalue weighted by molar-refractivity contribution is -0.138. The fourth-order valence-electron chi connectivity index (χ4n) is 6.60. The minimum absolute atomic E-state index is 0.0128. The Bertz CT molecular complexity index is 1670. The number of aliphatic carboxylic acids is 1. The smallest absolute Gasteiger partial charge is 0.304 e. The lowest BCUT2D eigenvalue weighted by Gasteiger charge is -2.35. The quantitative estimate of drug-likeness (QED) is 0.162. The predicted molar refractivity (Wildman–Crippen MR) is 179 cm³/mol. The second kappa shape index (κ2) is 14.9. The second-order valence-corrected chi connectivity index (χ2v) is 12.6. The Balaban J connectivity index is 1.21. The third-order valence-electron chi connectivity index (χ3n) is 9.11. The van der Waals surface area contributed by atoms with Gasteiger partial charge in [-0.3, -0.25) is 14.6 Å². The Labute approximate surface area is 275 Å². The van der Waals surface area contributed by atoms with Gasteiger partial charge in [-0.15, -0.1) is 0 Å². The highest BCUT2D eigenvalue weighted by atomic mass is 35.5. The third kappa shape index (κ3) is 7.50. The molecule has 0 bridgehead atoms. The number of fused-ring (bicyclic) bond motifs is 1. The van der Waals surface area contributed by atoms with Gasteiger partial charge in [-0.25, -0.2) is 4.98 Å². The first kappa shape index (κ1) is 32.3. The van der Waals surface area contributed by atoms with Crippen molar-refractivity contribution in [1.29, 1.82) is 0 Å². The zero-order chi connectivity index (χ0) is 32.0. The van der Waals surface area contributed by atoms with Crippen LogP contribution in [0.25, 0.3) is 33.7 Å². The van der Waals surface area contributed by atoms with Crippen LogP contribution in [-0.4, -0.2) is 85.0 Å². The molecule has 0 radical (unpaired) electrons. The number of benzene rings is 3. The Kier molecular flexibility index (Phi) is 10.4. The van der Waals surface area contributed by atoms with E-state index in [0.29, 0.717) is 41.1 Å². The van der Waals surface area contributed by atoms with E-state index in [4.69, 9.17) is 35.2 Å². The van der Waals surface area contributed by atoms with E-state index in [2.05, 4.69) is 22.8 Å². The zero-order valence-electron chi connectivity index (χ0n) is 26.6. The van der Waals surface area contributed by atoms with Crippen LogP contribution >= 0.6 is 11.6 Å². The van der Waals surface area contributed by atoms with Crippen molar-refractivity contribution in [3.8, 4) is 34.1 Å². The molecule has 2 saturated heterocycles. The number of likely N-dealkylation sites (tertiary alicyclic amines) is 1. The average Bonchev–Trinajstić information content (AvgIpc) is 3.47. The lowest BCUT2D eigenvalue weighted by Crippen LogP contribution is -2.40. The molecule has 10 heteroatoms. The first-order valence-electron chi connectivity index (χ1n) is 16.2. The van der Waals surface area contributed by atoms with Gasteiger partial charge in [-0.2, -0.15) is 0 Å². The summed E-state index contributed by atoms with van der Waals surface area (Å²) in [5, 5.41) is 10.0. The number of aromatic nitrogens is 1. The van der Waals surface area contributed by atoms with Crippen molar-refractivity contribution in [3.05, 3.63) is 64.7 Å². The van der Waals surface area contributed by atoms with E-state index in [-0.39, 0.29) is 12.5 Å². The van der Waals surface area contributed by atoms with E-state index in [1.807, 2.05) is 42.5 Å². The molecule has 2 fully saturated rings. The molecule has 46 heavy (non-hydrogen) atoms. The van der Waals surface area contributed by atoms with Crippen LogP contribution in [0.2, 0.25) is 5.02 Å². The van der Waals surface area contributed by atoms with Crippen molar-refractivity contribution >= 4 is 28.7 Å². The highest BCUT2D eigenvalue weighted by Gasteiger charge is 2.26. The molecule has 2 aliphatic heterocycles. The topological polar surface area (TPSA) is 97.5 Å². The molecule has 3 heterocycles. The number of halogens is 1. The molecule has 4 aromatic rings. The van der Waals surface area contributed by atoms with Gasteiger partial charge in [0.15, 0.2) is 5.58 Å². The summed E-state index contributed by atoms with van der Waals surface area (Å²) in [4.78, 5) is 21.0. The van der Waals surface area contributed by atoms with Crippen LogP contribution in [-0.2, 0) is 16.1 Å². The maximum atomic E-state index is 11.5. The van der Waals surface area contributed by atoms with Crippen molar-refractivity contribution < 1.29 is 28.5 Å². The van der Waals surface area contributed by atoms with E-state index >= 15 is 0 Å². The molecule has 244 valence electrons. The number of morpholine rings is 1. The number of carbonyl (C=O) groups is 1. The molecule has 2 aliphatic rings. The van der Waals surface area contributed by atoms with Crippen LogP contribution in [0.3, 0.4) is 0 Å². The molecule has 0 amide bonds. The van der Waals surface area contributed by atoms with E-state index in [0.717, 1.165) is 98.4 Å². The number of piperidine rings is 1. The minimum atomic E-state index is -0.764. The Morgan fingerprint density at radius 2 is 1.89 bits per heavy atom. The molecule has 3 aromatic carbocycles. The molecule has 0 spiro atoms. The number of hydrogen-bond acceptors (Lipinski definition) is 8. The Morgan fingerprint density at radius 3 is 2.70 bits per heavy atom. The lowest BCUT2D eigenvalue weighted by atomic mass is 9.96. The second-order valence-electron chi connectivity index (χ2n) is 12.1. The highest BCUT2D eigenvalue weighted by molar-refractivity contribution is 6.32. The van der Waals surface area contributed by atoms with Gasteiger partial charge in [-0.1, -0.05) is 36.2 Å². The van der Waals surface area contributed by atoms with Gasteiger partial charge in [-0.05, 0) is 73.7 Å². The zero-order valence-corrected chi connectivity index (χ0v) is 27.4. The number of ether oxygens (including phenoxy) is 3. The van der Waals surface area contributed by atoms with Crippen LogP contribution in [0.5, 0.6) is 11.5 Å². The summed E-state index contributed by atoms with van der Waals surface area (Å²) in [7, 11) is 1.65. The summed E-state index contributed by atoms with van der Waals surface area (Å²) in [6.45, 7) is 8.62. The predicted octanol–water partition coefficient (Wildman–Crippen LogP) is 7.06. The van der Waals surface area contributed by atoms with Crippen molar-refractivity contribution in [3.63, 3.8) is 0 Å². The molecule has 1 unspecified atom stereocenters. The van der Waals surface area contributed by atoms with Gasteiger partial charge < -0.3 is 23.7 Å².